The Morgan fingerprint density at radius 2 is 1.77 bits per heavy atom. The molecule has 1 amide bonds. The maximum Gasteiger partial charge on any atom is 0.343 e. The van der Waals surface area contributed by atoms with Crippen LogP contribution >= 0.6 is 0 Å². The second kappa shape index (κ2) is 9.08. The van der Waals surface area contributed by atoms with Crippen LogP contribution in [0, 0.1) is 0 Å². The fourth-order valence-electron chi connectivity index (χ4n) is 4.26. The molecule has 2 aliphatic heterocycles. The zero-order chi connectivity index (χ0) is 21.8. The van der Waals surface area contributed by atoms with Gasteiger partial charge in [-0.3, -0.25) is 9.69 Å². The van der Waals surface area contributed by atoms with Crippen molar-refractivity contribution in [3.63, 3.8) is 0 Å². The van der Waals surface area contributed by atoms with Crippen LogP contribution in [0.2, 0.25) is 0 Å². The Hall–Kier alpha value is -2.90. The van der Waals surface area contributed by atoms with Crippen molar-refractivity contribution in [2.24, 2.45) is 0 Å². The molecule has 2 fully saturated rings. The highest BCUT2D eigenvalue weighted by atomic mass is 16.6. The van der Waals surface area contributed by atoms with Crippen LogP contribution < -0.4 is 10.2 Å². The van der Waals surface area contributed by atoms with Crippen molar-refractivity contribution in [1.82, 2.24) is 10.2 Å². The van der Waals surface area contributed by atoms with Crippen LogP contribution in [-0.4, -0.2) is 60.7 Å². The summed E-state index contributed by atoms with van der Waals surface area (Å²) in [7, 11) is 0. The van der Waals surface area contributed by atoms with Gasteiger partial charge in [-0.2, -0.15) is 0 Å². The van der Waals surface area contributed by atoms with Crippen LogP contribution in [0.4, 0.5) is 5.69 Å². The van der Waals surface area contributed by atoms with E-state index in [2.05, 4.69) is 39.4 Å². The number of benzene rings is 2. The van der Waals surface area contributed by atoms with Crippen molar-refractivity contribution in [3.8, 4) is 0 Å². The number of carbonyl (C=O) groups excluding carboxylic acids is 2. The molecule has 7 nitrogen and oxygen atoms in total. The molecular formula is C24H29N3O4. The first kappa shape index (κ1) is 21.3. The van der Waals surface area contributed by atoms with Crippen molar-refractivity contribution in [2.75, 3.05) is 37.6 Å². The molecule has 2 saturated heterocycles. The molecule has 2 unspecified atom stereocenters. The van der Waals surface area contributed by atoms with E-state index in [0.29, 0.717) is 5.56 Å². The fourth-order valence-corrected chi connectivity index (χ4v) is 4.26. The van der Waals surface area contributed by atoms with Crippen molar-refractivity contribution in [2.45, 2.75) is 31.6 Å². The number of anilines is 1. The average molecular weight is 424 g/mol. The van der Waals surface area contributed by atoms with E-state index < -0.39 is 17.7 Å². The topological polar surface area (TPSA) is 82.1 Å². The largest absolute Gasteiger partial charge is 0.458 e. The Morgan fingerprint density at radius 3 is 2.42 bits per heavy atom. The summed E-state index contributed by atoms with van der Waals surface area (Å²) in [5.74, 6) is -0.857. The Bertz CT molecular complexity index is 910. The molecule has 0 bridgehead atoms. The van der Waals surface area contributed by atoms with E-state index in [-0.39, 0.29) is 18.9 Å². The number of carbonyl (C=O) groups is 2. The number of piperazine rings is 1. The molecule has 2 heterocycles. The predicted molar refractivity (Wildman–Crippen MR) is 117 cm³/mol. The van der Waals surface area contributed by atoms with Crippen molar-refractivity contribution >= 4 is 17.6 Å². The molecule has 31 heavy (non-hydrogen) atoms. The van der Waals surface area contributed by atoms with Crippen LogP contribution in [0.3, 0.4) is 0 Å². The van der Waals surface area contributed by atoms with Gasteiger partial charge in [-0.05, 0) is 23.3 Å². The van der Waals surface area contributed by atoms with Gasteiger partial charge in [0.25, 0.3) is 0 Å². The van der Waals surface area contributed by atoms with Gasteiger partial charge in [-0.1, -0.05) is 42.5 Å². The number of ether oxygens (including phenoxy) is 1. The lowest BCUT2D eigenvalue weighted by atomic mass is 9.90. The number of hydrogen-bond donors (Lipinski definition) is 2. The second-order valence-electron chi connectivity index (χ2n) is 8.32. The zero-order valence-corrected chi connectivity index (χ0v) is 17.8. The number of nitrogens with zero attached hydrogens (tertiary/aromatic N) is 2. The van der Waals surface area contributed by atoms with Gasteiger partial charge in [0.2, 0.25) is 5.91 Å². The minimum atomic E-state index is -1.67. The molecule has 0 aromatic heterocycles. The van der Waals surface area contributed by atoms with Gasteiger partial charge in [-0.15, -0.1) is 0 Å². The third kappa shape index (κ3) is 4.89. The van der Waals surface area contributed by atoms with Crippen molar-refractivity contribution in [1.29, 1.82) is 0 Å². The Morgan fingerprint density at radius 1 is 1.10 bits per heavy atom. The monoisotopic (exact) mass is 423 g/mol. The first-order valence-corrected chi connectivity index (χ1v) is 10.7. The van der Waals surface area contributed by atoms with E-state index in [1.807, 2.05) is 18.2 Å². The first-order valence-electron chi connectivity index (χ1n) is 10.7. The molecule has 2 aromatic carbocycles. The average Bonchev–Trinajstić information content (AvgIpc) is 3.08. The van der Waals surface area contributed by atoms with Crippen LogP contribution in [-0.2, 0) is 26.5 Å². The summed E-state index contributed by atoms with van der Waals surface area (Å²) in [4.78, 5) is 28.2. The zero-order valence-electron chi connectivity index (χ0n) is 17.8. The third-order valence-electron chi connectivity index (χ3n) is 6.04. The summed E-state index contributed by atoms with van der Waals surface area (Å²) in [5.41, 5.74) is 1.26. The number of cyclic esters (lactones) is 1. The van der Waals surface area contributed by atoms with Crippen molar-refractivity contribution in [3.05, 3.63) is 65.7 Å². The fraction of sp³-hybridized carbons (Fsp3) is 0.417. The Balaban J connectivity index is 1.34. The SMILES string of the molecule is CC(=O)NCC1CC(O)(c2ccc(N3CCN(Cc4ccccc4)CC3)cc2)C(=O)O1. The molecule has 2 atom stereocenters. The summed E-state index contributed by atoms with van der Waals surface area (Å²) < 4.78 is 5.27. The standard InChI is InChI=1S/C24H29N3O4/c1-18(28)25-16-22-15-24(30,23(29)31-22)20-7-9-21(10-8-20)27-13-11-26(12-14-27)17-19-5-3-2-4-6-19/h2-10,22,30H,11-17H2,1H3,(H,25,28). The molecule has 0 aliphatic carbocycles. The number of nitrogens with one attached hydrogen (secondary N) is 1. The van der Waals surface area contributed by atoms with E-state index in [1.165, 1.54) is 12.5 Å². The summed E-state index contributed by atoms with van der Waals surface area (Å²) in [6.45, 7) is 6.39. The third-order valence-corrected chi connectivity index (χ3v) is 6.04. The lowest BCUT2D eigenvalue weighted by molar-refractivity contribution is -0.155. The minimum Gasteiger partial charge on any atom is -0.458 e. The van der Waals surface area contributed by atoms with Gasteiger partial charge in [0, 0.05) is 51.8 Å². The Labute approximate surface area is 182 Å². The molecule has 0 radical (unpaired) electrons. The number of esters is 1. The highest BCUT2D eigenvalue weighted by Crippen LogP contribution is 2.36. The van der Waals surface area contributed by atoms with Crippen molar-refractivity contribution < 1.29 is 19.4 Å². The van der Waals surface area contributed by atoms with Gasteiger partial charge in [0.15, 0.2) is 5.60 Å². The van der Waals surface area contributed by atoms with Gasteiger partial charge in [0.1, 0.15) is 6.10 Å². The molecule has 2 aromatic rings. The smallest absolute Gasteiger partial charge is 0.343 e. The molecule has 0 spiro atoms. The van der Waals surface area contributed by atoms with E-state index in [4.69, 9.17) is 4.74 Å². The van der Waals surface area contributed by atoms with Crippen LogP contribution in [0.1, 0.15) is 24.5 Å². The van der Waals surface area contributed by atoms with Gasteiger partial charge in [0.05, 0.1) is 6.54 Å². The van der Waals surface area contributed by atoms with Gasteiger partial charge < -0.3 is 20.1 Å². The van der Waals surface area contributed by atoms with Gasteiger partial charge in [-0.25, -0.2) is 4.79 Å². The van der Waals surface area contributed by atoms with Gasteiger partial charge >= 0.3 is 5.97 Å². The maximum atomic E-state index is 12.3. The van der Waals surface area contributed by atoms with E-state index in [9.17, 15) is 14.7 Å². The predicted octanol–water partition coefficient (Wildman–Crippen LogP) is 1.65. The van der Waals surface area contributed by atoms with Crippen LogP contribution in [0.15, 0.2) is 54.6 Å². The van der Waals surface area contributed by atoms with E-state index in [0.717, 1.165) is 38.4 Å². The molecule has 4 rings (SSSR count). The normalized spacial score (nSPS) is 24.1. The number of amides is 1. The first-order chi connectivity index (χ1) is 14.9. The highest BCUT2D eigenvalue weighted by molar-refractivity contribution is 5.83. The summed E-state index contributed by atoms with van der Waals surface area (Å²) >= 11 is 0. The maximum absolute atomic E-state index is 12.3. The number of rotatable bonds is 6. The lowest BCUT2D eigenvalue weighted by Crippen LogP contribution is -2.46. The molecule has 7 heteroatoms. The van der Waals surface area contributed by atoms with E-state index in [1.54, 1.807) is 12.1 Å². The second-order valence-corrected chi connectivity index (χ2v) is 8.32. The Kier molecular flexibility index (Phi) is 6.25. The molecule has 2 N–H and O–H groups in total. The number of aliphatic hydroxyl groups is 1. The highest BCUT2D eigenvalue weighted by Gasteiger charge is 2.49. The van der Waals surface area contributed by atoms with Crippen LogP contribution in [0.5, 0.6) is 0 Å². The summed E-state index contributed by atoms with van der Waals surface area (Å²) in [5, 5.41) is 13.6. The molecule has 2 aliphatic rings. The molecule has 0 saturated carbocycles. The quantitative estimate of drug-likeness (QED) is 0.688. The lowest BCUT2D eigenvalue weighted by Gasteiger charge is -2.36. The van der Waals surface area contributed by atoms with E-state index >= 15 is 0 Å². The summed E-state index contributed by atoms with van der Waals surface area (Å²) in [6.07, 6.45) is -0.400. The summed E-state index contributed by atoms with van der Waals surface area (Å²) in [6, 6.07) is 18.0. The van der Waals surface area contributed by atoms with Crippen LogP contribution in [0.25, 0.3) is 0 Å². The molecule has 164 valence electrons. The number of hydrogen-bond acceptors (Lipinski definition) is 6. The molecular weight excluding hydrogens is 394 g/mol. The minimum absolute atomic E-state index is 0.129.